The molecule has 1 fully saturated rings. The van der Waals surface area contributed by atoms with Gasteiger partial charge in [0, 0.05) is 30.6 Å². The highest BCUT2D eigenvalue weighted by atomic mass is 32.2. The Bertz CT molecular complexity index is 506. The molecule has 1 aliphatic heterocycles. The molecule has 1 saturated heterocycles. The van der Waals surface area contributed by atoms with Crippen LogP contribution in [0.25, 0.3) is 0 Å². The quantitative estimate of drug-likeness (QED) is 0.866. The normalized spacial score (nSPS) is 16.6. The van der Waals surface area contributed by atoms with Gasteiger partial charge in [-0.15, -0.1) is 0 Å². The molecule has 0 spiro atoms. The van der Waals surface area contributed by atoms with Gasteiger partial charge in [0.25, 0.3) is 0 Å². The first-order valence-corrected chi connectivity index (χ1v) is 7.70. The van der Waals surface area contributed by atoms with Gasteiger partial charge in [0.05, 0.1) is 0 Å². The lowest BCUT2D eigenvalue weighted by atomic mass is 9.97. The van der Waals surface area contributed by atoms with E-state index in [1.54, 1.807) is 11.8 Å². The molecular weight excluding hydrogens is 256 g/mol. The summed E-state index contributed by atoms with van der Waals surface area (Å²) in [5, 5.41) is 8.68. The number of benzene rings is 1. The third kappa shape index (κ3) is 3.39. The second-order valence-corrected chi connectivity index (χ2v) is 5.82. The van der Waals surface area contributed by atoms with Crippen LogP contribution in [0.3, 0.4) is 0 Å². The van der Waals surface area contributed by atoms with E-state index in [1.807, 2.05) is 6.07 Å². The minimum Gasteiger partial charge on any atom is -0.381 e. The first-order valence-electron chi connectivity index (χ1n) is 6.71. The summed E-state index contributed by atoms with van der Waals surface area (Å²) in [6, 6.07) is 12.7. The van der Waals surface area contributed by atoms with E-state index in [0.717, 1.165) is 36.8 Å². The van der Waals surface area contributed by atoms with Gasteiger partial charge in [-0.25, -0.2) is 0 Å². The second-order valence-electron chi connectivity index (χ2n) is 4.82. The van der Waals surface area contributed by atoms with Crippen molar-refractivity contribution in [1.29, 1.82) is 0 Å². The van der Waals surface area contributed by atoms with Crippen LogP contribution in [0.2, 0.25) is 0 Å². The fraction of sp³-hybridized carbons (Fsp3) is 0.400. The third-order valence-electron chi connectivity index (χ3n) is 3.46. The van der Waals surface area contributed by atoms with Crippen molar-refractivity contribution in [2.45, 2.75) is 29.5 Å². The summed E-state index contributed by atoms with van der Waals surface area (Å²) in [5.41, 5.74) is 2.60. The van der Waals surface area contributed by atoms with E-state index in [-0.39, 0.29) is 0 Å². The van der Waals surface area contributed by atoms with Gasteiger partial charge in [0.1, 0.15) is 5.03 Å². The van der Waals surface area contributed by atoms with Crippen molar-refractivity contribution in [3.05, 3.63) is 47.7 Å². The van der Waals surface area contributed by atoms with Crippen molar-refractivity contribution in [2.75, 3.05) is 13.2 Å². The summed E-state index contributed by atoms with van der Waals surface area (Å²) >= 11 is 1.78. The highest BCUT2D eigenvalue weighted by molar-refractivity contribution is 7.98. The molecule has 0 amide bonds. The molecule has 0 radical (unpaired) electrons. The summed E-state index contributed by atoms with van der Waals surface area (Å²) in [7, 11) is 0. The Labute approximate surface area is 117 Å². The monoisotopic (exact) mass is 274 g/mol. The molecule has 2 heterocycles. The number of aromatic nitrogens is 2. The molecule has 19 heavy (non-hydrogen) atoms. The molecule has 0 aliphatic carbocycles. The van der Waals surface area contributed by atoms with E-state index in [2.05, 4.69) is 40.5 Å². The fourth-order valence-corrected chi connectivity index (χ4v) is 3.17. The number of hydrogen-bond donors (Lipinski definition) is 1. The number of hydrogen-bond acceptors (Lipinski definition) is 3. The van der Waals surface area contributed by atoms with Crippen molar-refractivity contribution in [2.24, 2.45) is 0 Å². The van der Waals surface area contributed by atoms with Crippen molar-refractivity contribution in [3.63, 3.8) is 0 Å². The molecule has 4 heteroatoms. The number of thioether (sulfide) groups is 1. The minimum absolute atomic E-state index is 0.590. The Hall–Kier alpha value is -1.26. The molecule has 3 nitrogen and oxygen atoms in total. The molecule has 100 valence electrons. The lowest BCUT2D eigenvalue weighted by Gasteiger charge is -2.20. The minimum atomic E-state index is 0.590. The van der Waals surface area contributed by atoms with Crippen LogP contribution < -0.4 is 0 Å². The molecule has 0 bridgehead atoms. The number of nitrogens with zero attached hydrogens (tertiary/aromatic N) is 1. The van der Waals surface area contributed by atoms with Crippen molar-refractivity contribution >= 4 is 11.8 Å². The molecule has 1 N–H and O–H groups in total. The molecule has 2 aromatic rings. The Kier molecular flexibility index (Phi) is 4.20. The van der Waals surface area contributed by atoms with Crippen LogP contribution in [-0.2, 0) is 10.5 Å². The van der Waals surface area contributed by atoms with Gasteiger partial charge in [0.15, 0.2) is 0 Å². The SMILES string of the molecule is c1ccc(CSc2cc(C3CCOCC3)[nH]n2)cc1. The summed E-state index contributed by atoms with van der Waals surface area (Å²) in [6.45, 7) is 1.74. The summed E-state index contributed by atoms with van der Waals surface area (Å²) in [4.78, 5) is 0. The average Bonchev–Trinajstić information content (AvgIpc) is 2.96. The topological polar surface area (TPSA) is 37.9 Å². The summed E-state index contributed by atoms with van der Waals surface area (Å²) in [5.74, 6) is 1.56. The first-order chi connectivity index (χ1) is 9.42. The standard InChI is InChI=1S/C15H18N2OS/c1-2-4-12(5-3-1)11-19-15-10-14(16-17-15)13-6-8-18-9-7-13/h1-5,10,13H,6-9,11H2,(H,16,17). The molecule has 0 atom stereocenters. The van der Waals surface area contributed by atoms with E-state index in [4.69, 9.17) is 4.74 Å². The van der Waals surface area contributed by atoms with E-state index < -0.39 is 0 Å². The predicted molar refractivity (Wildman–Crippen MR) is 77.4 cm³/mol. The number of H-pyrrole nitrogens is 1. The Balaban J connectivity index is 1.58. The van der Waals surface area contributed by atoms with Crippen LogP contribution in [0.1, 0.15) is 30.0 Å². The van der Waals surface area contributed by atoms with E-state index >= 15 is 0 Å². The summed E-state index contributed by atoms with van der Waals surface area (Å²) < 4.78 is 5.39. The predicted octanol–water partition coefficient (Wildman–Crippen LogP) is 3.60. The van der Waals surface area contributed by atoms with Gasteiger partial charge < -0.3 is 4.74 Å². The van der Waals surface area contributed by atoms with Crippen LogP contribution in [0.5, 0.6) is 0 Å². The highest BCUT2D eigenvalue weighted by Crippen LogP contribution is 2.29. The first kappa shape index (κ1) is 12.8. The van der Waals surface area contributed by atoms with Crippen LogP contribution >= 0.6 is 11.8 Å². The third-order valence-corrected chi connectivity index (χ3v) is 4.45. The molecule has 0 saturated carbocycles. The molecule has 3 rings (SSSR count). The van der Waals surface area contributed by atoms with Crippen molar-refractivity contribution in [3.8, 4) is 0 Å². The lowest BCUT2D eigenvalue weighted by molar-refractivity contribution is 0.0845. The van der Waals surface area contributed by atoms with E-state index in [0.29, 0.717) is 5.92 Å². The van der Waals surface area contributed by atoms with Crippen LogP contribution in [-0.4, -0.2) is 23.4 Å². The van der Waals surface area contributed by atoms with Crippen LogP contribution in [0.15, 0.2) is 41.4 Å². The maximum atomic E-state index is 5.39. The Morgan fingerprint density at radius 3 is 2.79 bits per heavy atom. The number of rotatable bonds is 4. The van der Waals surface area contributed by atoms with E-state index in [1.165, 1.54) is 11.3 Å². The Morgan fingerprint density at radius 2 is 2.00 bits per heavy atom. The van der Waals surface area contributed by atoms with Crippen LogP contribution in [0.4, 0.5) is 0 Å². The van der Waals surface area contributed by atoms with Gasteiger partial charge in [-0.1, -0.05) is 42.1 Å². The van der Waals surface area contributed by atoms with Gasteiger partial charge in [-0.05, 0) is 24.5 Å². The Morgan fingerprint density at radius 1 is 1.21 bits per heavy atom. The molecule has 0 unspecified atom stereocenters. The maximum Gasteiger partial charge on any atom is 0.118 e. The van der Waals surface area contributed by atoms with Gasteiger partial charge in [0.2, 0.25) is 0 Å². The number of ether oxygens (including phenoxy) is 1. The van der Waals surface area contributed by atoms with Gasteiger partial charge in [-0.3, -0.25) is 5.10 Å². The average molecular weight is 274 g/mol. The molecule has 1 aromatic heterocycles. The second kappa shape index (κ2) is 6.26. The highest BCUT2D eigenvalue weighted by Gasteiger charge is 2.18. The number of aromatic amines is 1. The van der Waals surface area contributed by atoms with Crippen LogP contribution in [0, 0.1) is 0 Å². The van der Waals surface area contributed by atoms with Gasteiger partial charge in [-0.2, -0.15) is 5.10 Å². The molecule has 1 aliphatic rings. The van der Waals surface area contributed by atoms with E-state index in [9.17, 15) is 0 Å². The fourth-order valence-electron chi connectivity index (χ4n) is 2.34. The zero-order valence-corrected chi connectivity index (χ0v) is 11.7. The summed E-state index contributed by atoms with van der Waals surface area (Å²) in [6.07, 6.45) is 2.20. The van der Waals surface area contributed by atoms with Crippen molar-refractivity contribution < 1.29 is 4.74 Å². The largest absolute Gasteiger partial charge is 0.381 e. The van der Waals surface area contributed by atoms with Gasteiger partial charge >= 0.3 is 0 Å². The molecule has 1 aromatic carbocycles. The zero-order chi connectivity index (χ0) is 12.9. The zero-order valence-electron chi connectivity index (χ0n) is 10.8. The maximum absolute atomic E-state index is 5.39. The van der Waals surface area contributed by atoms with Crippen molar-refractivity contribution in [1.82, 2.24) is 10.2 Å². The lowest BCUT2D eigenvalue weighted by Crippen LogP contribution is -2.14. The smallest absolute Gasteiger partial charge is 0.118 e. The number of nitrogens with one attached hydrogen (secondary N) is 1. The molecular formula is C15H18N2OS.